The molecule has 1 aliphatic carbocycles. The highest BCUT2D eigenvalue weighted by Gasteiger charge is 2.28. The Labute approximate surface area is 86.5 Å². The number of rotatable bonds is 4. The lowest BCUT2D eigenvalue weighted by molar-refractivity contribution is 0.0862. The molecule has 0 aromatic carbocycles. The Bertz CT molecular complexity index is 171. The van der Waals surface area contributed by atoms with Crippen LogP contribution in [0.5, 0.6) is 0 Å². The summed E-state index contributed by atoms with van der Waals surface area (Å²) in [5.41, 5.74) is 0. The van der Waals surface area contributed by atoms with Crippen LogP contribution in [0.4, 0.5) is 0 Å². The van der Waals surface area contributed by atoms with Crippen molar-refractivity contribution in [2.75, 3.05) is 26.2 Å². The maximum Gasteiger partial charge on any atom is 0.0556 e. The van der Waals surface area contributed by atoms with Gasteiger partial charge in [0, 0.05) is 25.2 Å². The van der Waals surface area contributed by atoms with Crippen LogP contribution in [0.25, 0.3) is 0 Å². The number of aliphatic hydroxyl groups excluding tert-OH is 1. The number of likely N-dealkylation sites (tertiary alicyclic amines) is 1. The Morgan fingerprint density at radius 1 is 1.21 bits per heavy atom. The zero-order valence-corrected chi connectivity index (χ0v) is 8.91. The Kier molecular flexibility index (Phi) is 3.79. The quantitative estimate of drug-likeness (QED) is 0.694. The van der Waals surface area contributed by atoms with Crippen molar-refractivity contribution in [2.24, 2.45) is 0 Å². The van der Waals surface area contributed by atoms with Gasteiger partial charge in [0.2, 0.25) is 0 Å². The van der Waals surface area contributed by atoms with Crippen molar-refractivity contribution in [3.63, 3.8) is 0 Å². The van der Waals surface area contributed by atoms with Crippen LogP contribution >= 0.6 is 0 Å². The first-order chi connectivity index (χ1) is 6.90. The summed E-state index contributed by atoms with van der Waals surface area (Å²) in [5, 5.41) is 12.2. The molecule has 3 nitrogen and oxygen atoms in total. The standard InChI is InChI=1S/C11H22N2O/c14-8-6-12-10-3-2-7-13(9-10)11-4-1-5-11/h10-12,14H,1-9H2. The van der Waals surface area contributed by atoms with Crippen LogP contribution in [0.3, 0.4) is 0 Å². The van der Waals surface area contributed by atoms with E-state index < -0.39 is 0 Å². The minimum Gasteiger partial charge on any atom is -0.395 e. The molecule has 2 N–H and O–H groups in total. The van der Waals surface area contributed by atoms with Crippen LogP contribution in [-0.4, -0.2) is 48.3 Å². The topological polar surface area (TPSA) is 35.5 Å². The number of aliphatic hydroxyl groups is 1. The summed E-state index contributed by atoms with van der Waals surface area (Å²) in [4.78, 5) is 2.64. The molecule has 1 atom stereocenters. The molecule has 0 spiro atoms. The normalized spacial score (nSPS) is 30.2. The fourth-order valence-electron chi connectivity index (χ4n) is 2.53. The third kappa shape index (κ3) is 2.47. The second-order valence-electron chi connectivity index (χ2n) is 4.60. The summed E-state index contributed by atoms with van der Waals surface area (Å²) in [5.74, 6) is 0. The first-order valence-corrected chi connectivity index (χ1v) is 5.98. The molecule has 1 saturated carbocycles. The fourth-order valence-corrected chi connectivity index (χ4v) is 2.53. The highest BCUT2D eigenvalue weighted by molar-refractivity contribution is 4.86. The monoisotopic (exact) mass is 198 g/mol. The number of piperidine rings is 1. The predicted octanol–water partition coefficient (Wildman–Crippen LogP) is 0.585. The smallest absolute Gasteiger partial charge is 0.0556 e. The third-order valence-corrected chi connectivity index (χ3v) is 3.59. The van der Waals surface area contributed by atoms with E-state index in [1.807, 2.05) is 0 Å². The number of nitrogens with one attached hydrogen (secondary N) is 1. The van der Waals surface area contributed by atoms with Gasteiger partial charge in [0.1, 0.15) is 0 Å². The molecule has 3 heteroatoms. The van der Waals surface area contributed by atoms with Crippen molar-refractivity contribution in [1.82, 2.24) is 10.2 Å². The lowest BCUT2D eigenvalue weighted by Crippen LogP contribution is -2.51. The maximum atomic E-state index is 8.75. The van der Waals surface area contributed by atoms with Crippen LogP contribution in [0.1, 0.15) is 32.1 Å². The van der Waals surface area contributed by atoms with E-state index in [0.717, 1.165) is 12.6 Å². The molecule has 82 valence electrons. The molecular formula is C11H22N2O. The van der Waals surface area contributed by atoms with E-state index in [-0.39, 0.29) is 6.61 Å². The second kappa shape index (κ2) is 5.10. The molecule has 0 radical (unpaired) electrons. The van der Waals surface area contributed by atoms with E-state index in [0.29, 0.717) is 6.04 Å². The SMILES string of the molecule is OCCNC1CCCN(C2CCC2)C1. The average Bonchev–Trinajstić information content (AvgIpc) is 2.13. The van der Waals surface area contributed by atoms with E-state index in [9.17, 15) is 0 Å². The number of hydrogen-bond donors (Lipinski definition) is 2. The van der Waals surface area contributed by atoms with Crippen molar-refractivity contribution in [1.29, 1.82) is 0 Å². The number of nitrogens with zero attached hydrogens (tertiary/aromatic N) is 1. The molecule has 2 rings (SSSR count). The van der Waals surface area contributed by atoms with E-state index in [1.54, 1.807) is 0 Å². The van der Waals surface area contributed by atoms with Crippen LogP contribution in [0.15, 0.2) is 0 Å². The van der Waals surface area contributed by atoms with Crippen molar-refractivity contribution in [2.45, 2.75) is 44.2 Å². The third-order valence-electron chi connectivity index (χ3n) is 3.59. The molecule has 2 fully saturated rings. The van der Waals surface area contributed by atoms with Gasteiger partial charge in [-0.3, -0.25) is 4.90 Å². The highest BCUT2D eigenvalue weighted by atomic mass is 16.3. The van der Waals surface area contributed by atoms with Crippen LogP contribution in [-0.2, 0) is 0 Å². The minimum absolute atomic E-state index is 0.264. The molecule has 0 amide bonds. The molecular weight excluding hydrogens is 176 g/mol. The zero-order valence-electron chi connectivity index (χ0n) is 8.91. The molecule has 1 unspecified atom stereocenters. The molecule has 0 bridgehead atoms. The molecule has 0 aromatic rings. The average molecular weight is 198 g/mol. The van der Waals surface area contributed by atoms with Gasteiger partial charge in [0.05, 0.1) is 6.61 Å². The Hall–Kier alpha value is -0.120. The van der Waals surface area contributed by atoms with Gasteiger partial charge >= 0.3 is 0 Å². The first kappa shape index (κ1) is 10.4. The van der Waals surface area contributed by atoms with Crippen LogP contribution in [0.2, 0.25) is 0 Å². The lowest BCUT2D eigenvalue weighted by atomic mass is 9.89. The van der Waals surface area contributed by atoms with Gasteiger partial charge in [-0.1, -0.05) is 6.42 Å². The second-order valence-corrected chi connectivity index (χ2v) is 4.60. The first-order valence-electron chi connectivity index (χ1n) is 5.98. The molecule has 1 aliphatic heterocycles. The largest absolute Gasteiger partial charge is 0.395 e. The maximum absolute atomic E-state index is 8.75. The van der Waals surface area contributed by atoms with E-state index >= 15 is 0 Å². The zero-order chi connectivity index (χ0) is 9.80. The van der Waals surface area contributed by atoms with Gasteiger partial charge in [0.15, 0.2) is 0 Å². The van der Waals surface area contributed by atoms with Gasteiger partial charge in [-0.05, 0) is 32.2 Å². The highest BCUT2D eigenvalue weighted by Crippen LogP contribution is 2.27. The van der Waals surface area contributed by atoms with Gasteiger partial charge < -0.3 is 10.4 Å². The minimum atomic E-state index is 0.264. The molecule has 0 aromatic heterocycles. The van der Waals surface area contributed by atoms with Crippen molar-refractivity contribution >= 4 is 0 Å². The molecule has 1 heterocycles. The van der Waals surface area contributed by atoms with E-state index in [4.69, 9.17) is 5.11 Å². The Morgan fingerprint density at radius 3 is 2.71 bits per heavy atom. The van der Waals surface area contributed by atoms with Gasteiger partial charge in [-0.25, -0.2) is 0 Å². The van der Waals surface area contributed by atoms with Crippen LogP contribution < -0.4 is 5.32 Å². The van der Waals surface area contributed by atoms with Crippen molar-refractivity contribution < 1.29 is 5.11 Å². The molecule has 2 aliphatic rings. The fraction of sp³-hybridized carbons (Fsp3) is 1.00. The summed E-state index contributed by atoms with van der Waals surface area (Å²) in [6.07, 6.45) is 6.85. The van der Waals surface area contributed by atoms with Crippen LogP contribution in [0, 0.1) is 0 Å². The Morgan fingerprint density at radius 2 is 2.07 bits per heavy atom. The van der Waals surface area contributed by atoms with Crippen molar-refractivity contribution in [3.05, 3.63) is 0 Å². The summed E-state index contributed by atoms with van der Waals surface area (Å²) in [7, 11) is 0. The summed E-state index contributed by atoms with van der Waals surface area (Å²) in [6, 6.07) is 1.50. The summed E-state index contributed by atoms with van der Waals surface area (Å²) < 4.78 is 0. The number of hydrogen-bond acceptors (Lipinski definition) is 3. The van der Waals surface area contributed by atoms with Crippen molar-refractivity contribution in [3.8, 4) is 0 Å². The van der Waals surface area contributed by atoms with E-state index in [1.165, 1.54) is 45.2 Å². The van der Waals surface area contributed by atoms with Gasteiger partial charge in [-0.2, -0.15) is 0 Å². The Balaban J connectivity index is 1.72. The van der Waals surface area contributed by atoms with Gasteiger partial charge in [0.25, 0.3) is 0 Å². The molecule has 1 saturated heterocycles. The molecule has 14 heavy (non-hydrogen) atoms. The van der Waals surface area contributed by atoms with E-state index in [2.05, 4.69) is 10.2 Å². The van der Waals surface area contributed by atoms with Gasteiger partial charge in [-0.15, -0.1) is 0 Å². The summed E-state index contributed by atoms with van der Waals surface area (Å²) >= 11 is 0. The summed E-state index contributed by atoms with van der Waals surface area (Å²) in [6.45, 7) is 3.51. The lowest BCUT2D eigenvalue weighted by Gasteiger charge is -2.42. The predicted molar refractivity (Wildman–Crippen MR) is 57.3 cm³/mol.